The van der Waals surface area contributed by atoms with Crippen molar-refractivity contribution in [2.24, 2.45) is 0 Å². The number of carbonyl (C=O) groups is 1. The quantitative estimate of drug-likeness (QED) is 0.633. The highest BCUT2D eigenvalue weighted by Crippen LogP contribution is 1.95. The fourth-order valence-corrected chi connectivity index (χ4v) is 0.554. The number of carbonyl (C=O) groups excluding carboxylic acids is 1. The minimum atomic E-state index is -0.0700. The van der Waals surface area contributed by atoms with Crippen LogP contribution in [0.25, 0.3) is 0 Å². The summed E-state index contributed by atoms with van der Waals surface area (Å²) in [5.41, 5.74) is 0. The van der Waals surface area contributed by atoms with Crippen molar-refractivity contribution in [1.29, 1.82) is 0 Å². The Morgan fingerprint density at radius 1 is 1.23 bits per heavy atom. The van der Waals surface area contributed by atoms with Gasteiger partial charge in [0.25, 0.3) is 0 Å². The first-order valence-electron chi connectivity index (χ1n) is 4.81. The van der Waals surface area contributed by atoms with Gasteiger partial charge < -0.3 is 9.64 Å². The summed E-state index contributed by atoms with van der Waals surface area (Å²) in [5.74, 6) is -0.0700. The van der Waals surface area contributed by atoms with Gasteiger partial charge in [-0.2, -0.15) is 0 Å². The van der Waals surface area contributed by atoms with Gasteiger partial charge in [-0.25, -0.2) is 0 Å². The summed E-state index contributed by atoms with van der Waals surface area (Å²) in [5, 5.41) is 0. The molecule has 0 aromatic carbocycles. The van der Waals surface area contributed by atoms with Crippen LogP contribution in [-0.4, -0.2) is 38.6 Å². The molecule has 0 aliphatic heterocycles. The Bertz CT molecular complexity index is 111. The van der Waals surface area contributed by atoms with Gasteiger partial charge in [0.05, 0.1) is 6.61 Å². The largest absolute Gasteiger partial charge is 0.466 e. The number of ether oxygens (including phenoxy) is 1. The summed E-state index contributed by atoms with van der Waals surface area (Å²) < 4.78 is 4.70. The van der Waals surface area contributed by atoms with Gasteiger partial charge in [-0.15, -0.1) is 0 Å². The third-order valence-corrected chi connectivity index (χ3v) is 1.04. The van der Waals surface area contributed by atoms with E-state index in [1.807, 2.05) is 33.0 Å². The monoisotopic (exact) mass is 189 g/mol. The molecular weight excluding hydrogens is 166 g/mol. The second-order valence-electron chi connectivity index (χ2n) is 3.25. The lowest BCUT2D eigenvalue weighted by molar-refractivity contribution is -0.143. The van der Waals surface area contributed by atoms with Crippen molar-refractivity contribution in [2.45, 2.75) is 33.1 Å². The average Bonchev–Trinajstić information content (AvgIpc) is 2.00. The Hall–Kier alpha value is -0.570. The van der Waals surface area contributed by atoms with E-state index in [1.54, 1.807) is 0 Å². The summed E-state index contributed by atoms with van der Waals surface area (Å²) in [4.78, 5) is 12.6. The van der Waals surface area contributed by atoms with Gasteiger partial charge in [-0.05, 0) is 34.5 Å². The fraction of sp³-hybridized carbons (Fsp3) is 0.900. The van der Waals surface area contributed by atoms with Crippen molar-refractivity contribution >= 4 is 5.97 Å². The molecule has 3 heteroatoms. The Balaban J connectivity index is 0. The molecule has 0 saturated carbocycles. The van der Waals surface area contributed by atoms with Crippen molar-refractivity contribution < 1.29 is 9.53 Å². The summed E-state index contributed by atoms with van der Waals surface area (Å²) in [6.45, 7) is 4.38. The number of rotatable bonds is 4. The van der Waals surface area contributed by atoms with Crippen LogP contribution in [0.3, 0.4) is 0 Å². The molecule has 0 fully saturated rings. The molecule has 0 bridgehead atoms. The smallest absolute Gasteiger partial charge is 0.305 e. The standard InChI is InChI=1S/C7H14O2.C3H9N/c1-3-5-6-7(8)9-4-2;1-4(2)3/h3-6H2,1-2H3;1-3H3. The van der Waals surface area contributed by atoms with Crippen LogP contribution in [0.15, 0.2) is 0 Å². The highest BCUT2D eigenvalue weighted by molar-refractivity contribution is 5.69. The fourth-order valence-electron chi connectivity index (χ4n) is 0.554. The highest BCUT2D eigenvalue weighted by atomic mass is 16.5. The van der Waals surface area contributed by atoms with E-state index in [2.05, 4.69) is 6.92 Å². The summed E-state index contributed by atoms with van der Waals surface area (Å²) in [6.07, 6.45) is 2.57. The molecule has 0 saturated heterocycles. The molecule has 0 heterocycles. The van der Waals surface area contributed by atoms with Crippen LogP contribution in [-0.2, 0) is 9.53 Å². The first-order chi connectivity index (χ1) is 6.04. The third kappa shape index (κ3) is 24.6. The molecule has 80 valence electrons. The number of hydrogen-bond donors (Lipinski definition) is 0. The molecule has 0 rings (SSSR count). The molecule has 0 aromatic rings. The van der Waals surface area contributed by atoms with Crippen LogP contribution in [0, 0.1) is 0 Å². The van der Waals surface area contributed by atoms with Crippen LogP contribution >= 0.6 is 0 Å². The van der Waals surface area contributed by atoms with Crippen molar-refractivity contribution in [3.8, 4) is 0 Å². The number of hydrogen-bond acceptors (Lipinski definition) is 3. The molecule has 0 amide bonds. The van der Waals surface area contributed by atoms with Crippen molar-refractivity contribution in [1.82, 2.24) is 4.90 Å². The van der Waals surface area contributed by atoms with Crippen LogP contribution in [0.4, 0.5) is 0 Å². The van der Waals surface area contributed by atoms with Gasteiger partial charge in [-0.1, -0.05) is 13.3 Å². The molecule has 13 heavy (non-hydrogen) atoms. The van der Waals surface area contributed by atoms with Gasteiger partial charge in [0.1, 0.15) is 0 Å². The molecule has 3 nitrogen and oxygen atoms in total. The van der Waals surface area contributed by atoms with E-state index in [-0.39, 0.29) is 5.97 Å². The van der Waals surface area contributed by atoms with Gasteiger partial charge >= 0.3 is 5.97 Å². The number of unbranched alkanes of at least 4 members (excludes halogenated alkanes) is 1. The minimum Gasteiger partial charge on any atom is -0.466 e. The molecule has 0 unspecified atom stereocenters. The molecular formula is C10H23NO2. The molecule has 0 atom stereocenters. The average molecular weight is 189 g/mol. The lowest BCUT2D eigenvalue weighted by Crippen LogP contribution is -2.02. The lowest BCUT2D eigenvalue weighted by atomic mass is 10.3. The topological polar surface area (TPSA) is 29.5 Å². The summed E-state index contributed by atoms with van der Waals surface area (Å²) in [7, 11) is 6.00. The Labute approximate surface area is 82.1 Å². The van der Waals surface area contributed by atoms with Crippen molar-refractivity contribution in [3.63, 3.8) is 0 Å². The molecule has 0 N–H and O–H groups in total. The first-order valence-corrected chi connectivity index (χ1v) is 4.81. The van der Waals surface area contributed by atoms with Gasteiger partial charge in [0.2, 0.25) is 0 Å². The number of esters is 1. The lowest BCUT2D eigenvalue weighted by Gasteiger charge is -1.97. The van der Waals surface area contributed by atoms with E-state index in [0.717, 1.165) is 12.8 Å². The van der Waals surface area contributed by atoms with Crippen LogP contribution in [0.5, 0.6) is 0 Å². The van der Waals surface area contributed by atoms with E-state index < -0.39 is 0 Å². The van der Waals surface area contributed by atoms with E-state index in [9.17, 15) is 4.79 Å². The molecule has 0 aliphatic rings. The van der Waals surface area contributed by atoms with Crippen LogP contribution in [0.1, 0.15) is 33.1 Å². The molecule has 0 radical (unpaired) electrons. The zero-order valence-electron chi connectivity index (χ0n) is 9.59. The Kier molecular flexibility index (Phi) is 13.1. The van der Waals surface area contributed by atoms with E-state index in [4.69, 9.17) is 4.74 Å². The van der Waals surface area contributed by atoms with E-state index in [0.29, 0.717) is 13.0 Å². The van der Waals surface area contributed by atoms with Crippen molar-refractivity contribution in [3.05, 3.63) is 0 Å². The van der Waals surface area contributed by atoms with Gasteiger partial charge in [0.15, 0.2) is 0 Å². The zero-order valence-corrected chi connectivity index (χ0v) is 9.59. The molecule has 0 aromatic heterocycles. The Morgan fingerprint density at radius 3 is 2.00 bits per heavy atom. The van der Waals surface area contributed by atoms with Crippen LogP contribution < -0.4 is 0 Å². The van der Waals surface area contributed by atoms with Gasteiger partial charge in [-0.3, -0.25) is 4.79 Å². The second-order valence-corrected chi connectivity index (χ2v) is 3.25. The maximum absolute atomic E-state index is 10.6. The maximum Gasteiger partial charge on any atom is 0.305 e. The maximum atomic E-state index is 10.6. The predicted molar refractivity (Wildman–Crippen MR) is 55.8 cm³/mol. The Morgan fingerprint density at radius 2 is 1.69 bits per heavy atom. The second kappa shape index (κ2) is 11.4. The van der Waals surface area contributed by atoms with E-state index in [1.165, 1.54) is 0 Å². The first kappa shape index (κ1) is 14.9. The van der Waals surface area contributed by atoms with E-state index >= 15 is 0 Å². The zero-order chi connectivity index (χ0) is 10.7. The SMILES string of the molecule is CCCCC(=O)OCC.CN(C)C. The number of nitrogens with zero attached hydrogens (tertiary/aromatic N) is 1. The van der Waals surface area contributed by atoms with Crippen molar-refractivity contribution in [2.75, 3.05) is 27.7 Å². The van der Waals surface area contributed by atoms with Gasteiger partial charge in [0, 0.05) is 6.42 Å². The summed E-state index contributed by atoms with van der Waals surface area (Å²) >= 11 is 0. The van der Waals surface area contributed by atoms with Crippen LogP contribution in [0.2, 0.25) is 0 Å². The molecule has 0 spiro atoms. The third-order valence-electron chi connectivity index (χ3n) is 1.04. The predicted octanol–water partition coefficient (Wildman–Crippen LogP) is 1.92. The highest BCUT2D eigenvalue weighted by Gasteiger charge is 1.97. The summed E-state index contributed by atoms with van der Waals surface area (Å²) in [6, 6.07) is 0. The minimum absolute atomic E-state index is 0.0700. The normalized spacial score (nSPS) is 9.08. The molecule has 0 aliphatic carbocycles.